The molecule has 1 aromatic carbocycles. The van der Waals surface area contributed by atoms with Crippen LogP contribution in [0, 0.1) is 6.92 Å². The molecule has 0 amide bonds. The molecule has 0 radical (unpaired) electrons. The topological polar surface area (TPSA) is 25.9 Å². The van der Waals surface area contributed by atoms with Crippen molar-refractivity contribution in [1.82, 2.24) is 9.03 Å². The minimum atomic E-state index is 0.0681. The predicted octanol–water partition coefficient (Wildman–Crippen LogP) is 3.52. The van der Waals surface area contributed by atoms with Crippen LogP contribution in [0.25, 0.3) is 10.9 Å². The second-order valence-corrected chi connectivity index (χ2v) is 5.86. The first-order chi connectivity index (χ1) is 9.75. The number of para-hydroxylation sites is 1. The summed E-state index contributed by atoms with van der Waals surface area (Å²) in [5.74, 6) is 0.583. The second kappa shape index (κ2) is 4.23. The lowest BCUT2D eigenvalue weighted by atomic mass is 10.0. The third-order valence-electron chi connectivity index (χ3n) is 4.56. The van der Waals surface area contributed by atoms with E-state index in [0.717, 1.165) is 16.6 Å². The van der Waals surface area contributed by atoms with Gasteiger partial charge < -0.3 is 0 Å². The van der Waals surface area contributed by atoms with Gasteiger partial charge in [0.25, 0.3) is 5.56 Å². The zero-order valence-electron chi connectivity index (χ0n) is 11.7. The van der Waals surface area contributed by atoms with Gasteiger partial charge in [-0.2, -0.15) is 0 Å². The van der Waals surface area contributed by atoms with Crippen LogP contribution in [-0.2, 0) is 0 Å². The molecule has 2 aromatic heterocycles. The largest absolute Gasteiger partial charge is 0.271 e. The molecule has 3 heteroatoms. The molecule has 1 aliphatic carbocycles. The van der Waals surface area contributed by atoms with Crippen LogP contribution in [0.1, 0.15) is 43.0 Å². The highest BCUT2D eigenvalue weighted by molar-refractivity contribution is 5.79. The van der Waals surface area contributed by atoms with Gasteiger partial charge in [-0.3, -0.25) is 9.31 Å². The zero-order chi connectivity index (χ0) is 13.7. The Morgan fingerprint density at radius 1 is 1.05 bits per heavy atom. The summed E-state index contributed by atoms with van der Waals surface area (Å²) in [5.41, 5.74) is 3.38. The molecule has 1 saturated carbocycles. The van der Waals surface area contributed by atoms with Crippen molar-refractivity contribution in [1.29, 1.82) is 0 Å². The highest BCUT2D eigenvalue weighted by Crippen LogP contribution is 2.35. The highest BCUT2D eigenvalue weighted by Gasteiger charge is 2.22. The van der Waals surface area contributed by atoms with Crippen LogP contribution in [-0.4, -0.2) is 9.03 Å². The number of benzene rings is 1. The van der Waals surface area contributed by atoms with Crippen molar-refractivity contribution in [3.63, 3.8) is 0 Å². The van der Waals surface area contributed by atoms with Crippen molar-refractivity contribution in [3.8, 4) is 0 Å². The third kappa shape index (κ3) is 1.56. The van der Waals surface area contributed by atoms with Crippen molar-refractivity contribution >= 4 is 10.9 Å². The van der Waals surface area contributed by atoms with Crippen molar-refractivity contribution < 1.29 is 0 Å². The summed E-state index contributed by atoms with van der Waals surface area (Å²) in [6, 6.07) is 12.2. The van der Waals surface area contributed by atoms with E-state index in [1.807, 2.05) is 29.6 Å². The first kappa shape index (κ1) is 11.8. The summed E-state index contributed by atoms with van der Waals surface area (Å²) in [7, 11) is 0. The second-order valence-electron chi connectivity index (χ2n) is 5.86. The SMILES string of the molecule is Cc1cc(=O)n2c3ccccc3cc(C3CCCC3)n12. The van der Waals surface area contributed by atoms with Crippen molar-refractivity contribution in [2.75, 3.05) is 0 Å². The van der Waals surface area contributed by atoms with E-state index in [4.69, 9.17) is 0 Å². The molecule has 0 spiro atoms. The first-order valence-corrected chi connectivity index (χ1v) is 7.39. The molecule has 0 atom stereocenters. The Hall–Kier alpha value is -2.03. The van der Waals surface area contributed by atoms with Gasteiger partial charge in [0.15, 0.2) is 0 Å². The molecule has 3 aromatic rings. The summed E-state index contributed by atoms with van der Waals surface area (Å²) in [4.78, 5) is 12.3. The van der Waals surface area contributed by atoms with Gasteiger partial charge >= 0.3 is 0 Å². The van der Waals surface area contributed by atoms with Crippen LogP contribution in [0.4, 0.5) is 0 Å². The average molecular weight is 266 g/mol. The van der Waals surface area contributed by atoms with E-state index in [0.29, 0.717) is 5.92 Å². The number of fused-ring (bicyclic) bond motifs is 3. The average Bonchev–Trinajstić information content (AvgIpc) is 3.07. The molecule has 1 aliphatic rings. The number of rotatable bonds is 1. The molecule has 3 nitrogen and oxygen atoms in total. The third-order valence-corrected chi connectivity index (χ3v) is 4.56. The van der Waals surface area contributed by atoms with Gasteiger partial charge in [0, 0.05) is 28.8 Å². The van der Waals surface area contributed by atoms with E-state index in [2.05, 4.69) is 16.6 Å². The number of hydrogen-bond donors (Lipinski definition) is 0. The van der Waals surface area contributed by atoms with Gasteiger partial charge in [0.1, 0.15) is 0 Å². The van der Waals surface area contributed by atoms with E-state index in [1.54, 1.807) is 6.07 Å². The Bertz CT molecular complexity index is 850. The Balaban J connectivity index is 2.18. The lowest BCUT2D eigenvalue weighted by molar-refractivity contribution is 0.633. The highest BCUT2D eigenvalue weighted by atomic mass is 16.1. The van der Waals surface area contributed by atoms with Crippen molar-refractivity contribution in [2.24, 2.45) is 0 Å². The number of hydrogen-bond acceptors (Lipinski definition) is 1. The van der Waals surface area contributed by atoms with Gasteiger partial charge in [-0.05, 0) is 31.9 Å². The summed E-state index contributed by atoms with van der Waals surface area (Å²) in [6.45, 7) is 2.02. The van der Waals surface area contributed by atoms with Crippen molar-refractivity contribution in [2.45, 2.75) is 38.5 Å². The minimum absolute atomic E-state index is 0.0681. The van der Waals surface area contributed by atoms with Gasteiger partial charge in [-0.25, -0.2) is 4.52 Å². The first-order valence-electron chi connectivity index (χ1n) is 7.39. The standard InChI is InChI=1S/C17H18N2O/c1-12-10-17(20)19-15-9-5-4-8-14(15)11-16(18(12)19)13-6-2-3-7-13/h4-5,8-11,13H,2-3,6-7H2,1H3. The Labute approximate surface area is 117 Å². The van der Waals surface area contributed by atoms with Crippen LogP contribution >= 0.6 is 0 Å². The van der Waals surface area contributed by atoms with Crippen LogP contribution in [0.15, 0.2) is 41.2 Å². The van der Waals surface area contributed by atoms with E-state index < -0.39 is 0 Å². The molecular formula is C17H18N2O. The Kier molecular flexibility index (Phi) is 2.49. The minimum Gasteiger partial charge on any atom is -0.267 e. The summed E-state index contributed by atoms with van der Waals surface area (Å²) < 4.78 is 3.96. The van der Waals surface area contributed by atoms with E-state index in [1.165, 1.54) is 31.4 Å². The van der Waals surface area contributed by atoms with E-state index in [-0.39, 0.29) is 5.56 Å². The van der Waals surface area contributed by atoms with Crippen LogP contribution in [0.5, 0.6) is 0 Å². The number of aryl methyl sites for hydroxylation is 1. The molecule has 0 unspecified atom stereocenters. The van der Waals surface area contributed by atoms with Crippen LogP contribution in [0.3, 0.4) is 0 Å². The van der Waals surface area contributed by atoms with Crippen LogP contribution in [0.2, 0.25) is 0 Å². The van der Waals surface area contributed by atoms with E-state index >= 15 is 0 Å². The molecule has 2 heterocycles. The molecule has 4 rings (SSSR count). The lowest BCUT2D eigenvalue weighted by Gasteiger charge is -2.16. The van der Waals surface area contributed by atoms with Gasteiger partial charge in [-0.15, -0.1) is 0 Å². The number of aromatic nitrogens is 2. The summed E-state index contributed by atoms with van der Waals surface area (Å²) in [6.07, 6.45) is 5.07. The Morgan fingerprint density at radius 3 is 2.60 bits per heavy atom. The fourth-order valence-corrected chi connectivity index (χ4v) is 3.64. The molecule has 102 valence electrons. The molecule has 0 N–H and O–H groups in total. The maximum atomic E-state index is 12.3. The molecule has 20 heavy (non-hydrogen) atoms. The lowest BCUT2D eigenvalue weighted by Crippen LogP contribution is -2.16. The fourth-order valence-electron chi connectivity index (χ4n) is 3.64. The maximum Gasteiger partial charge on any atom is 0.271 e. The summed E-state index contributed by atoms with van der Waals surface area (Å²) in [5, 5.41) is 1.15. The molecule has 0 bridgehead atoms. The quantitative estimate of drug-likeness (QED) is 0.661. The molecule has 0 saturated heterocycles. The van der Waals surface area contributed by atoms with Crippen LogP contribution < -0.4 is 5.56 Å². The molecule has 1 fully saturated rings. The van der Waals surface area contributed by atoms with E-state index in [9.17, 15) is 4.79 Å². The van der Waals surface area contributed by atoms with Crippen molar-refractivity contribution in [3.05, 3.63) is 58.1 Å². The molecule has 0 aliphatic heterocycles. The fraction of sp³-hybridized carbons (Fsp3) is 0.353. The number of nitrogens with zero attached hydrogens (tertiary/aromatic N) is 2. The smallest absolute Gasteiger partial charge is 0.267 e. The monoisotopic (exact) mass is 266 g/mol. The zero-order valence-corrected chi connectivity index (χ0v) is 11.7. The van der Waals surface area contributed by atoms with Gasteiger partial charge in [-0.1, -0.05) is 31.0 Å². The van der Waals surface area contributed by atoms with Gasteiger partial charge in [0.05, 0.1) is 5.52 Å². The Morgan fingerprint density at radius 2 is 1.80 bits per heavy atom. The summed E-state index contributed by atoms with van der Waals surface area (Å²) >= 11 is 0. The predicted molar refractivity (Wildman–Crippen MR) is 80.6 cm³/mol. The maximum absolute atomic E-state index is 12.3. The normalized spacial score (nSPS) is 16.4. The molecular weight excluding hydrogens is 248 g/mol. The van der Waals surface area contributed by atoms with Gasteiger partial charge in [0.2, 0.25) is 0 Å².